The lowest BCUT2D eigenvalue weighted by molar-refractivity contribution is -0.125. The molecule has 0 bridgehead atoms. The summed E-state index contributed by atoms with van der Waals surface area (Å²) >= 11 is 2.81. The Kier molecular flexibility index (Phi) is 9.19. The van der Waals surface area contributed by atoms with Crippen LogP contribution in [0.3, 0.4) is 0 Å². The highest BCUT2D eigenvalue weighted by Crippen LogP contribution is 2.30. The number of carbonyl (C=O) groups excluding carboxylic acids is 3. The molecule has 1 aliphatic heterocycles. The van der Waals surface area contributed by atoms with Crippen molar-refractivity contribution in [2.75, 3.05) is 26.2 Å². The van der Waals surface area contributed by atoms with E-state index in [1.807, 2.05) is 33.9 Å². The SMILES string of the molecule is CC(C)CN(C(=O)c1cccs1)C1CC(C(=O)NCC2CCCC(CN)C2)N(C(=O)c2cccs2)C1. The van der Waals surface area contributed by atoms with Crippen LogP contribution in [0.5, 0.6) is 0 Å². The van der Waals surface area contributed by atoms with Crippen molar-refractivity contribution in [2.24, 2.45) is 23.5 Å². The number of nitrogens with one attached hydrogen (secondary N) is 1. The van der Waals surface area contributed by atoms with Gasteiger partial charge in [-0.3, -0.25) is 14.4 Å². The summed E-state index contributed by atoms with van der Waals surface area (Å²) < 4.78 is 0. The van der Waals surface area contributed by atoms with Crippen LogP contribution >= 0.6 is 22.7 Å². The number of rotatable bonds is 9. The molecule has 9 heteroatoms. The maximum Gasteiger partial charge on any atom is 0.264 e. The number of likely N-dealkylation sites (tertiary alicyclic amines) is 1. The van der Waals surface area contributed by atoms with Gasteiger partial charge in [-0.25, -0.2) is 0 Å². The minimum absolute atomic E-state index is 0.0247. The molecule has 0 spiro atoms. The van der Waals surface area contributed by atoms with E-state index in [4.69, 9.17) is 5.73 Å². The van der Waals surface area contributed by atoms with Gasteiger partial charge in [-0.05, 0) is 72.9 Å². The Morgan fingerprint density at radius 2 is 1.78 bits per heavy atom. The fourth-order valence-electron chi connectivity index (χ4n) is 5.55. The lowest BCUT2D eigenvalue weighted by Gasteiger charge is -2.30. The van der Waals surface area contributed by atoms with E-state index in [0.717, 1.165) is 25.7 Å². The molecule has 4 atom stereocenters. The highest BCUT2D eigenvalue weighted by molar-refractivity contribution is 7.12. The molecule has 1 saturated heterocycles. The van der Waals surface area contributed by atoms with Crippen LogP contribution in [0.4, 0.5) is 0 Å². The summed E-state index contributed by atoms with van der Waals surface area (Å²) in [6.45, 7) is 6.42. The van der Waals surface area contributed by atoms with Gasteiger partial charge in [-0.15, -0.1) is 22.7 Å². The van der Waals surface area contributed by atoms with Crippen LogP contribution in [-0.2, 0) is 4.79 Å². The van der Waals surface area contributed by atoms with E-state index in [1.165, 1.54) is 22.7 Å². The maximum absolute atomic E-state index is 13.5. The monoisotopic (exact) mass is 530 g/mol. The van der Waals surface area contributed by atoms with E-state index in [-0.39, 0.29) is 29.7 Å². The van der Waals surface area contributed by atoms with Crippen molar-refractivity contribution in [3.8, 4) is 0 Å². The zero-order chi connectivity index (χ0) is 25.7. The summed E-state index contributed by atoms with van der Waals surface area (Å²) in [4.78, 5) is 45.2. The number of carbonyl (C=O) groups is 3. The molecule has 3 amide bonds. The molecule has 3 heterocycles. The van der Waals surface area contributed by atoms with Crippen LogP contribution in [0.25, 0.3) is 0 Å². The van der Waals surface area contributed by atoms with Crippen molar-refractivity contribution in [3.05, 3.63) is 44.8 Å². The highest BCUT2D eigenvalue weighted by Gasteiger charge is 2.44. The van der Waals surface area contributed by atoms with Crippen molar-refractivity contribution in [1.82, 2.24) is 15.1 Å². The quantitative estimate of drug-likeness (QED) is 0.511. The zero-order valence-electron chi connectivity index (χ0n) is 21.2. The van der Waals surface area contributed by atoms with Gasteiger partial charge in [0, 0.05) is 19.6 Å². The smallest absolute Gasteiger partial charge is 0.264 e. The van der Waals surface area contributed by atoms with Gasteiger partial charge < -0.3 is 20.9 Å². The predicted molar refractivity (Wildman–Crippen MR) is 145 cm³/mol. The number of thiophene rings is 2. The molecule has 4 unspecified atom stereocenters. The minimum Gasteiger partial charge on any atom is -0.354 e. The number of hydrogen-bond donors (Lipinski definition) is 2. The molecule has 2 aromatic rings. The van der Waals surface area contributed by atoms with Crippen LogP contribution in [0.15, 0.2) is 35.0 Å². The van der Waals surface area contributed by atoms with E-state index in [0.29, 0.717) is 54.2 Å². The highest BCUT2D eigenvalue weighted by atomic mass is 32.1. The Morgan fingerprint density at radius 1 is 1.08 bits per heavy atom. The van der Waals surface area contributed by atoms with Crippen molar-refractivity contribution >= 4 is 40.4 Å². The second-order valence-corrected chi connectivity index (χ2v) is 12.4. The maximum atomic E-state index is 13.5. The number of nitrogens with two attached hydrogens (primary N) is 1. The lowest BCUT2D eigenvalue weighted by Crippen LogP contribution is -2.47. The first-order valence-electron chi connectivity index (χ1n) is 13.0. The third kappa shape index (κ3) is 6.36. The van der Waals surface area contributed by atoms with Gasteiger partial charge in [0.05, 0.1) is 15.8 Å². The van der Waals surface area contributed by atoms with Crippen molar-refractivity contribution in [2.45, 2.75) is 58.0 Å². The first-order chi connectivity index (χ1) is 17.4. The molecule has 4 rings (SSSR count). The molecule has 2 aromatic heterocycles. The summed E-state index contributed by atoms with van der Waals surface area (Å²) in [6.07, 6.45) is 4.89. The van der Waals surface area contributed by atoms with Gasteiger partial charge >= 0.3 is 0 Å². The molecule has 2 aliphatic rings. The molecular formula is C27H38N4O3S2. The van der Waals surface area contributed by atoms with E-state index in [9.17, 15) is 14.4 Å². The summed E-state index contributed by atoms with van der Waals surface area (Å²) in [6, 6.07) is 6.56. The molecule has 1 aliphatic carbocycles. The third-order valence-electron chi connectivity index (χ3n) is 7.36. The predicted octanol–water partition coefficient (Wildman–Crippen LogP) is 4.07. The molecule has 0 radical (unpaired) electrons. The Bertz CT molecular complexity index is 1010. The van der Waals surface area contributed by atoms with Crippen LogP contribution in [0, 0.1) is 17.8 Å². The van der Waals surface area contributed by atoms with Gasteiger partial charge in [0.15, 0.2) is 0 Å². The summed E-state index contributed by atoms with van der Waals surface area (Å²) in [5, 5.41) is 6.93. The minimum atomic E-state index is -0.593. The Labute approximate surface area is 222 Å². The second kappa shape index (κ2) is 12.3. The van der Waals surface area contributed by atoms with Crippen LogP contribution < -0.4 is 11.1 Å². The molecule has 2 fully saturated rings. The van der Waals surface area contributed by atoms with E-state index < -0.39 is 6.04 Å². The largest absolute Gasteiger partial charge is 0.354 e. The van der Waals surface area contributed by atoms with Crippen LogP contribution in [-0.4, -0.2) is 65.8 Å². The average molecular weight is 531 g/mol. The molecule has 0 aromatic carbocycles. The van der Waals surface area contributed by atoms with Gasteiger partial charge in [0.2, 0.25) is 5.91 Å². The third-order valence-corrected chi connectivity index (χ3v) is 9.08. The fraction of sp³-hybridized carbons (Fsp3) is 0.593. The van der Waals surface area contributed by atoms with Crippen LogP contribution in [0.2, 0.25) is 0 Å². The first-order valence-corrected chi connectivity index (χ1v) is 14.8. The lowest BCUT2D eigenvalue weighted by atomic mass is 9.81. The first kappa shape index (κ1) is 26.8. The van der Waals surface area contributed by atoms with Gasteiger partial charge in [-0.2, -0.15) is 0 Å². The molecule has 7 nitrogen and oxygen atoms in total. The Hall–Kier alpha value is -2.23. The summed E-state index contributed by atoms with van der Waals surface area (Å²) in [5.74, 6) is 0.939. The average Bonchev–Trinajstić information content (AvgIpc) is 3.67. The molecule has 36 heavy (non-hydrogen) atoms. The van der Waals surface area contributed by atoms with Gasteiger partial charge in [-0.1, -0.05) is 32.4 Å². The fourth-order valence-corrected chi connectivity index (χ4v) is 6.91. The topological polar surface area (TPSA) is 95.7 Å². The Balaban J connectivity index is 1.51. The molecule has 1 saturated carbocycles. The van der Waals surface area contributed by atoms with E-state index in [1.54, 1.807) is 11.0 Å². The van der Waals surface area contributed by atoms with Crippen LogP contribution in [0.1, 0.15) is 65.3 Å². The normalized spacial score (nSPS) is 24.2. The summed E-state index contributed by atoms with van der Waals surface area (Å²) in [5.41, 5.74) is 5.89. The van der Waals surface area contributed by atoms with Gasteiger partial charge in [0.25, 0.3) is 11.8 Å². The zero-order valence-corrected chi connectivity index (χ0v) is 22.9. The van der Waals surface area contributed by atoms with E-state index >= 15 is 0 Å². The number of amides is 3. The molecule has 3 N–H and O–H groups in total. The molecular weight excluding hydrogens is 492 g/mol. The van der Waals surface area contributed by atoms with Gasteiger partial charge in [0.1, 0.15) is 6.04 Å². The van der Waals surface area contributed by atoms with Crippen molar-refractivity contribution in [3.63, 3.8) is 0 Å². The summed E-state index contributed by atoms with van der Waals surface area (Å²) in [7, 11) is 0. The van der Waals surface area contributed by atoms with E-state index in [2.05, 4.69) is 19.2 Å². The number of nitrogens with zero attached hydrogens (tertiary/aromatic N) is 2. The second-order valence-electron chi connectivity index (χ2n) is 10.5. The standard InChI is InChI=1S/C27H38N4O3S2/c1-18(2)16-30(26(33)23-8-4-10-35-23)21-13-22(31(17-21)27(34)24-9-5-11-36-24)25(32)29-15-20-7-3-6-19(12-20)14-28/h4-5,8-11,18-22H,3,6-7,12-17,28H2,1-2H3,(H,29,32). The van der Waals surface area contributed by atoms with Crippen molar-refractivity contribution in [1.29, 1.82) is 0 Å². The Morgan fingerprint density at radius 3 is 2.42 bits per heavy atom. The van der Waals surface area contributed by atoms with Crippen molar-refractivity contribution < 1.29 is 14.4 Å². The molecule has 196 valence electrons. The number of hydrogen-bond acceptors (Lipinski definition) is 6.